The molecule has 1 N–H and O–H groups in total. The Balaban J connectivity index is 2.21. The first-order chi connectivity index (χ1) is 8.39. The van der Waals surface area contributed by atoms with Gasteiger partial charge in [0.25, 0.3) is 5.91 Å². The number of hydrogen-bond acceptors (Lipinski definition) is 5. The molecule has 0 radical (unpaired) electrons. The number of carbonyl (C=O) groups is 1. The highest BCUT2D eigenvalue weighted by molar-refractivity contribution is 7.90. The number of hydrogen-bond donors (Lipinski definition) is 1. The van der Waals surface area contributed by atoms with E-state index in [2.05, 4.69) is 5.32 Å². The van der Waals surface area contributed by atoms with Crippen LogP contribution in [0.3, 0.4) is 0 Å². The second-order valence-electron chi connectivity index (χ2n) is 4.44. The number of nitrogens with one attached hydrogen (secondary N) is 1. The molecule has 2 heterocycles. The minimum atomic E-state index is -3.41. The van der Waals surface area contributed by atoms with E-state index in [0.29, 0.717) is 6.54 Å². The Bertz CT molecular complexity index is 549. The minimum absolute atomic E-state index is 0.0676. The van der Waals surface area contributed by atoms with Crippen molar-refractivity contribution >= 4 is 15.7 Å². The third-order valence-electron chi connectivity index (χ3n) is 2.92. The summed E-state index contributed by atoms with van der Waals surface area (Å²) in [6.45, 7) is 3.99. The number of amides is 1. The second-order valence-corrected chi connectivity index (χ2v) is 6.39. The summed E-state index contributed by atoms with van der Waals surface area (Å²) in [4.78, 5) is 13.8. The molecule has 1 fully saturated rings. The number of rotatable bonds is 2. The van der Waals surface area contributed by atoms with Crippen molar-refractivity contribution in [2.45, 2.75) is 18.1 Å². The van der Waals surface area contributed by atoms with E-state index in [1.165, 1.54) is 12.1 Å². The highest BCUT2D eigenvalue weighted by Gasteiger charge is 2.27. The molecule has 1 aromatic heterocycles. The molecule has 1 saturated heterocycles. The fraction of sp³-hybridized carbons (Fsp3) is 0.545. The van der Waals surface area contributed by atoms with Gasteiger partial charge < -0.3 is 14.6 Å². The zero-order valence-corrected chi connectivity index (χ0v) is 11.2. The largest absolute Gasteiger partial charge is 0.440 e. The maximum atomic E-state index is 12.2. The molecular formula is C11H16N2O4S. The molecule has 0 spiro atoms. The van der Waals surface area contributed by atoms with Crippen LogP contribution in [0.15, 0.2) is 21.6 Å². The minimum Gasteiger partial charge on any atom is -0.440 e. The maximum Gasteiger partial charge on any atom is 0.289 e. The van der Waals surface area contributed by atoms with Gasteiger partial charge in [-0.25, -0.2) is 8.42 Å². The number of piperazine rings is 1. The molecule has 6 nitrogen and oxygen atoms in total. The molecule has 2 rings (SSSR count). The van der Waals surface area contributed by atoms with Crippen LogP contribution in [-0.4, -0.2) is 51.2 Å². The molecule has 1 aliphatic rings. The van der Waals surface area contributed by atoms with Gasteiger partial charge in [-0.2, -0.15) is 0 Å². The summed E-state index contributed by atoms with van der Waals surface area (Å²) in [5.74, 6) is -0.192. The molecule has 1 aliphatic heterocycles. The van der Waals surface area contributed by atoms with E-state index >= 15 is 0 Å². The molecule has 0 aromatic carbocycles. The zero-order chi connectivity index (χ0) is 13.3. The molecule has 1 aromatic rings. The summed E-state index contributed by atoms with van der Waals surface area (Å²) < 4.78 is 27.7. The lowest BCUT2D eigenvalue weighted by molar-refractivity contribution is 0.0617. The standard InChI is InChI=1S/C11H16N2O4S/c1-8-7-12-5-6-13(8)11(14)9-3-4-10(17-9)18(2,15)16/h3-4,8,12H,5-7H2,1-2H3/t8-/m0/s1. The van der Waals surface area contributed by atoms with Gasteiger partial charge in [0.15, 0.2) is 5.76 Å². The van der Waals surface area contributed by atoms with E-state index in [1.807, 2.05) is 6.92 Å². The van der Waals surface area contributed by atoms with Crippen molar-refractivity contribution in [3.63, 3.8) is 0 Å². The van der Waals surface area contributed by atoms with Gasteiger partial charge in [-0.15, -0.1) is 0 Å². The van der Waals surface area contributed by atoms with E-state index in [1.54, 1.807) is 4.90 Å². The van der Waals surface area contributed by atoms with Crippen LogP contribution in [0.4, 0.5) is 0 Å². The van der Waals surface area contributed by atoms with Crippen LogP contribution in [0.5, 0.6) is 0 Å². The predicted octanol–water partition coefficient (Wildman–Crippen LogP) is 0.117. The molecule has 0 unspecified atom stereocenters. The van der Waals surface area contributed by atoms with E-state index in [9.17, 15) is 13.2 Å². The number of nitrogens with zero attached hydrogens (tertiary/aromatic N) is 1. The van der Waals surface area contributed by atoms with Crippen LogP contribution in [-0.2, 0) is 9.84 Å². The smallest absolute Gasteiger partial charge is 0.289 e. The van der Waals surface area contributed by atoms with Crippen LogP contribution >= 0.6 is 0 Å². The molecular weight excluding hydrogens is 256 g/mol. The van der Waals surface area contributed by atoms with Crippen molar-refractivity contribution < 1.29 is 17.6 Å². The van der Waals surface area contributed by atoms with E-state index in [-0.39, 0.29) is 22.8 Å². The van der Waals surface area contributed by atoms with E-state index in [0.717, 1.165) is 19.3 Å². The topological polar surface area (TPSA) is 79.6 Å². The van der Waals surface area contributed by atoms with E-state index < -0.39 is 9.84 Å². The van der Waals surface area contributed by atoms with Crippen molar-refractivity contribution in [3.05, 3.63) is 17.9 Å². The van der Waals surface area contributed by atoms with Crippen molar-refractivity contribution in [2.75, 3.05) is 25.9 Å². The fourth-order valence-electron chi connectivity index (χ4n) is 1.92. The Morgan fingerprint density at radius 1 is 1.50 bits per heavy atom. The molecule has 0 aliphatic carbocycles. The van der Waals surface area contributed by atoms with Crippen LogP contribution in [0.25, 0.3) is 0 Å². The predicted molar refractivity (Wildman–Crippen MR) is 65.2 cm³/mol. The van der Waals surface area contributed by atoms with Crippen LogP contribution in [0.1, 0.15) is 17.5 Å². The Morgan fingerprint density at radius 2 is 2.22 bits per heavy atom. The fourth-order valence-corrected chi connectivity index (χ4v) is 2.48. The first-order valence-corrected chi connectivity index (χ1v) is 7.60. The number of sulfone groups is 1. The Kier molecular flexibility index (Phi) is 3.45. The van der Waals surface area contributed by atoms with Crippen LogP contribution in [0.2, 0.25) is 0 Å². The van der Waals surface area contributed by atoms with Gasteiger partial charge in [0.05, 0.1) is 0 Å². The summed E-state index contributed by atoms with van der Waals surface area (Å²) in [6, 6.07) is 2.79. The number of furan rings is 1. The van der Waals surface area contributed by atoms with Gasteiger partial charge in [0, 0.05) is 31.9 Å². The molecule has 100 valence electrons. The molecule has 1 atom stereocenters. The van der Waals surface area contributed by atoms with Crippen molar-refractivity contribution in [2.24, 2.45) is 0 Å². The molecule has 1 amide bonds. The highest BCUT2D eigenvalue weighted by Crippen LogP contribution is 2.17. The Morgan fingerprint density at radius 3 is 2.78 bits per heavy atom. The summed E-state index contributed by atoms with van der Waals surface area (Å²) in [7, 11) is -3.41. The van der Waals surface area contributed by atoms with E-state index in [4.69, 9.17) is 4.42 Å². The van der Waals surface area contributed by atoms with Gasteiger partial charge >= 0.3 is 0 Å². The summed E-state index contributed by atoms with van der Waals surface area (Å²) >= 11 is 0. The molecule has 18 heavy (non-hydrogen) atoms. The van der Waals surface area contributed by atoms with Crippen molar-refractivity contribution in [1.82, 2.24) is 10.2 Å². The van der Waals surface area contributed by atoms with Crippen LogP contribution < -0.4 is 5.32 Å². The first-order valence-electron chi connectivity index (χ1n) is 5.71. The zero-order valence-electron chi connectivity index (χ0n) is 10.3. The third kappa shape index (κ3) is 2.56. The van der Waals surface area contributed by atoms with Gasteiger partial charge in [0.2, 0.25) is 14.9 Å². The van der Waals surface area contributed by atoms with Gasteiger partial charge in [-0.3, -0.25) is 4.79 Å². The summed E-state index contributed by atoms with van der Waals surface area (Å²) in [5, 5.41) is 3.01. The second kappa shape index (κ2) is 4.74. The SMILES string of the molecule is C[C@H]1CNCCN1C(=O)c1ccc(S(C)(=O)=O)o1. The normalized spacial score (nSPS) is 21.0. The molecule has 7 heteroatoms. The Hall–Kier alpha value is -1.34. The highest BCUT2D eigenvalue weighted by atomic mass is 32.2. The monoisotopic (exact) mass is 272 g/mol. The molecule has 0 saturated carbocycles. The Labute approximate surface area is 106 Å². The number of carbonyl (C=O) groups excluding carboxylic acids is 1. The average molecular weight is 272 g/mol. The average Bonchev–Trinajstić information content (AvgIpc) is 2.77. The quantitative estimate of drug-likeness (QED) is 0.827. The van der Waals surface area contributed by atoms with Crippen molar-refractivity contribution in [1.29, 1.82) is 0 Å². The van der Waals surface area contributed by atoms with Crippen LogP contribution in [0, 0.1) is 0 Å². The third-order valence-corrected chi connectivity index (χ3v) is 3.87. The van der Waals surface area contributed by atoms with Gasteiger partial charge in [-0.05, 0) is 19.1 Å². The lowest BCUT2D eigenvalue weighted by Gasteiger charge is -2.33. The molecule has 0 bridgehead atoms. The lowest BCUT2D eigenvalue weighted by Crippen LogP contribution is -2.52. The summed E-state index contributed by atoms with van der Waals surface area (Å²) in [6.07, 6.45) is 1.05. The first kappa shape index (κ1) is 13.1. The van der Waals surface area contributed by atoms with Gasteiger partial charge in [-0.1, -0.05) is 0 Å². The lowest BCUT2D eigenvalue weighted by atomic mass is 10.2. The maximum absolute atomic E-state index is 12.2. The van der Waals surface area contributed by atoms with Crippen molar-refractivity contribution in [3.8, 4) is 0 Å². The van der Waals surface area contributed by atoms with Gasteiger partial charge in [0.1, 0.15) is 0 Å². The summed E-state index contributed by atoms with van der Waals surface area (Å²) in [5.41, 5.74) is 0.